The number of allylic oxidation sites excluding steroid dienone is 1. The van der Waals surface area contributed by atoms with Gasteiger partial charge in [-0.3, -0.25) is 0 Å². The van der Waals surface area contributed by atoms with Gasteiger partial charge in [-0.2, -0.15) is 5.26 Å². The van der Waals surface area contributed by atoms with E-state index in [2.05, 4.69) is 5.32 Å². The largest absolute Gasteiger partial charge is 0.387 e. The summed E-state index contributed by atoms with van der Waals surface area (Å²) in [6.07, 6.45) is 2.59. The van der Waals surface area contributed by atoms with Gasteiger partial charge in [0.1, 0.15) is 0 Å². The smallest absolute Gasteiger partial charge is 0.0930 e. The van der Waals surface area contributed by atoms with Gasteiger partial charge in [0.05, 0.1) is 6.07 Å². The minimum Gasteiger partial charge on any atom is -0.387 e. The second-order valence-corrected chi connectivity index (χ2v) is 1.48. The highest BCUT2D eigenvalue weighted by Gasteiger charge is 2.03. The van der Waals surface area contributed by atoms with Crippen molar-refractivity contribution in [1.82, 2.24) is 5.32 Å². The average Bonchev–Trinajstić information content (AvgIpc) is 1.55. The molecule has 1 aliphatic rings. The molecule has 0 atom stereocenters. The molecular formula is C5H6N2. The van der Waals surface area contributed by atoms with E-state index < -0.39 is 0 Å². The zero-order chi connectivity index (χ0) is 5.11. The monoisotopic (exact) mass is 94.1 g/mol. The van der Waals surface area contributed by atoms with Crippen molar-refractivity contribution in [2.45, 2.75) is 6.42 Å². The van der Waals surface area contributed by atoms with Crippen LogP contribution in [0.1, 0.15) is 6.42 Å². The van der Waals surface area contributed by atoms with Gasteiger partial charge < -0.3 is 5.32 Å². The SMILES string of the molecule is N#C/C=C1/CCN1. The van der Waals surface area contributed by atoms with Crippen LogP contribution in [0.25, 0.3) is 0 Å². The highest BCUT2D eigenvalue weighted by Crippen LogP contribution is 2.03. The first-order valence-electron chi connectivity index (χ1n) is 2.26. The zero-order valence-corrected chi connectivity index (χ0v) is 3.94. The van der Waals surface area contributed by atoms with Crippen LogP contribution < -0.4 is 5.32 Å². The van der Waals surface area contributed by atoms with Gasteiger partial charge in [0.15, 0.2) is 0 Å². The molecule has 0 amide bonds. The van der Waals surface area contributed by atoms with Gasteiger partial charge in [-0.1, -0.05) is 0 Å². The molecule has 7 heavy (non-hydrogen) atoms. The number of nitriles is 1. The lowest BCUT2D eigenvalue weighted by Gasteiger charge is -2.17. The highest BCUT2D eigenvalue weighted by atomic mass is 14.9. The Hall–Kier alpha value is -0.970. The van der Waals surface area contributed by atoms with Gasteiger partial charge in [0.25, 0.3) is 0 Å². The second kappa shape index (κ2) is 1.65. The molecule has 1 fully saturated rings. The molecular weight excluding hydrogens is 88.1 g/mol. The van der Waals surface area contributed by atoms with Gasteiger partial charge in [-0.25, -0.2) is 0 Å². The lowest BCUT2D eigenvalue weighted by molar-refractivity contribution is 0.634. The first-order valence-corrected chi connectivity index (χ1v) is 2.26. The fourth-order valence-corrected chi connectivity index (χ4v) is 0.470. The summed E-state index contributed by atoms with van der Waals surface area (Å²) in [4.78, 5) is 0. The first-order chi connectivity index (χ1) is 3.43. The predicted molar refractivity (Wildman–Crippen MR) is 26.3 cm³/mol. The maximum absolute atomic E-state index is 8.04. The molecule has 0 unspecified atom stereocenters. The van der Waals surface area contributed by atoms with Crippen LogP contribution in [0.5, 0.6) is 0 Å². The van der Waals surface area contributed by atoms with E-state index in [-0.39, 0.29) is 0 Å². The Morgan fingerprint density at radius 3 is 2.71 bits per heavy atom. The van der Waals surface area contributed by atoms with Gasteiger partial charge in [-0.05, 0) is 0 Å². The van der Waals surface area contributed by atoms with Crippen molar-refractivity contribution >= 4 is 0 Å². The van der Waals surface area contributed by atoms with E-state index in [0.717, 1.165) is 18.7 Å². The highest BCUT2D eigenvalue weighted by molar-refractivity contribution is 5.16. The van der Waals surface area contributed by atoms with Gasteiger partial charge in [0.2, 0.25) is 0 Å². The molecule has 0 saturated carbocycles. The second-order valence-electron chi connectivity index (χ2n) is 1.48. The van der Waals surface area contributed by atoms with Crippen molar-refractivity contribution in [2.24, 2.45) is 0 Å². The summed E-state index contributed by atoms with van der Waals surface area (Å²) in [7, 11) is 0. The normalized spacial score (nSPS) is 22.4. The fourth-order valence-electron chi connectivity index (χ4n) is 0.470. The van der Waals surface area contributed by atoms with Crippen LogP contribution in [0.15, 0.2) is 11.8 Å². The number of rotatable bonds is 0. The van der Waals surface area contributed by atoms with E-state index in [1.54, 1.807) is 6.08 Å². The summed E-state index contributed by atoms with van der Waals surface area (Å²) in [6, 6.07) is 1.95. The van der Waals surface area contributed by atoms with E-state index in [4.69, 9.17) is 5.26 Å². The molecule has 0 spiro atoms. The van der Waals surface area contributed by atoms with Crippen molar-refractivity contribution < 1.29 is 0 Å². The number of hydrogen-bond acceptors (Lipinski definition) is 2. The van der Waals surface area contributed by atoms with E-state index in [0.29, 0.717) is 0 Å². The van der Waals surface area contributed by atoms with Gasteiger partial charge in [0, 0.05) is 24.7 Å². The van der Waals surface area contributed by atoms with Crippen LogP contribution in [-0.2, 0) is 0 Å². The summed E-state index contributed by atoms with van der Waals surface area (Å²) in [5.41, 5.74) is 1.07. The van der Waals surface area contributed by atoms with Crippen molar-refractivity contribution in [3.63, 3.8) is 0 Å². The number of nitrogens with zero attached hydrogens (tertiary/aromatic N) is 1. The summed E-state index contributed by atoms with van der Waals surface area (Å²) in [6.45, 7) is 1.04. The first kappa shape index (κ1) is 4.20. The molecule has 2 heteroatoms. The number of nitrogens with one attached hydrogen (secondary N) is 1. The maximum Gasteiger partial charge on any atom is 0.0930 e. The van der Waals surface area contributed by atoms with Crippen molar-refractivity contribution in [1.29, 1.82) is 5.26 Å². The lowest BCUT2D eigenvalue weighted by atomic mass is 10.2. The lowest BCUT2D eigenvalue weighted by Crippen LogP contribution is -2.27. The predicted octanol–water partition coefficient (Wildman–Crippen LogP) is 0.387. The Morgan fingerprint density at radius 1 is 1.86 bits per heavy atom. The molecule has 1 N–H and O–H groups in total. The Kier molecular flexibility index (Phi) is 0.991. The molecule has 1 heterocycles. The van der Waals surface area contributed by atoms with E-state index in [9.17, 15) is 0 Å². The molecule has 1 aliphatic heterocycles. The van der Waals surface area contributed by atoms with Gasteiger partial charge in [-0.15, -0.1) is 0 Å². The Bertz CT molecular complexity index is 124. The summed E-state index contributed by atoms with van der Waals surface area (Å²) >= 11 is 0. The molecule has 1 saturated heterocycles. The summed E-state index contributed by atoms with van der Waals surface area (Å²) in [5, 5.41) is 11.0. The molecule has 36 valence electrons. The molecule has 2 nitrogen and oxygen atoms in total. The standard InChI is InChI=1S/C5H6N2/c6-3-1-5-2-4-7-5/h1,7H,2,4H2/b5-1-. The van der Waals surface area contributed by atoms with E-state index >= 15 is 0 Å². The molecule has 0 bridgehead atoms. The van der Waals surface area contributed by atoms with Crippen molar-refractivity contribution in [3.05, 3.63) is 11.8 Å². The third-order valence-corrected chi connectivity index (χ3v) is 0.985. The Labute approximate surface area is 42.4 Å². The average molecular weight is 94.1 g/mol. The molecule has 0 aromatic carbocycles. The molecule has 1 rings (SSSR count). The molecule has 0 aromatic heterocycles. The minimum atomic E-state index is 1.04. The topological polar surface area (TPSA) is 35.8 Å². The summed E-state index contributed by atoms with van der Waals surface area (Å²) in [5.74, 6) is 0. The summed E-state index contributed by atoms with van der Waals surface area (Å²) < 4.78 is 0. The molecule has 0 radical (unpaired) electrons. The van der Waals surface area contributed by atoms with Crippen molar-refractivity contribution in [3.8, 4) is 6.07 Å². The fraction of sp³-hybridized carbons (Fsp3) is 0.400. The van der Waals surface area contributed by atoms with Crippen LogP contribution in [0.4, 0.5) is 0 Å². The zero-order valence-electron chi connectivity index (χ0n) is 3.94. The van der Waals surface area contributed by atoms with Gasteiger partial charge >= 0.3 is 0 Å². The molecule has 0 aliphatic carbocycles. The third-order valence-electron chi connectivity index (χ3n) is 0.985. The Balaban J connectivity index is 2.41. The van der Waals surface area contributed by atoms with Crippen LogP contribution in [0.3, 0.4) is 0 Å². The quantitative estimate of drug-likeness (QED) is 0.441. The number of hydrogen-bond donors (Lipinski definition) is 1. The third kappa shape index (κ3) is 0.716. The van der Waals surface area contributed by atoms with Crippen LogP contribution in [-0.4, -0.2) is 6.54 Å². The van der Waals surface area contributed by atoms with E-state index in [1.165, 1.54) is 0 Å². The van der Waals surface area contributed by atoms with Crippen LogP contribution >= 0.6 is 0 Å². The Morgan fingerprint density at radius 2 is 2.57 bits per heavy atom. The minimum absolute atomic E-state index is 1.04. The van der Waals surface area contributed by atoms with Crippen molar-refractivity contribution in [2.75, 3.05) is 6.54 Å². The maximum atomic E-state index is 8.04. The molecule has 0 aromatic rings. The van der Waals surface area contributed by atoms with Crippen LogP contribution in [0, 0.1) is 11.3 Å². The van der Waals surface area contributed by atoms with E-state index in [1.807, 2.05) is 6.07 Å². The van der Waals surface area contributed by atoms with Crippen LogP contribution in [0.2, 0.25) is 0 Å².